The van der Waals surface area contributed by atoms with E-state index in [9.17, 15) is 4.79 Å². The molecule has 2 aromatic rings. The molecule has 1 N–H and O–H groups in total. The zero-order chi connectivity index (χ0) is 16.5. The lowest BCUT2D eigenvalue weighted by Gasteiger charge is -2.40. The molecule has 0 aliphatic rings. The van der Waals surface area contributed by atoms with Crippen LogP contribution in [0.5, 0.6) is 0 Å². The van der Waals surface area contributed by atoms with E-state index in [-0.39, 0.29) is 5.97 Å². The molecule has 0 saturated carbocycles. The van der Waals surface area contributed by atoms with Crippen LogP contribution in [-0.4, -0.2) is 38.2 Å². The molecule has 0 fully saturated rings. The van der Waals surface area contributed by atoms with E-state index in [1.807, 2.05) is 40.7 Å². The van der Waals surface area contributed by atoms with Crippen molar-refractivity contribution in [2.24, 2.45) is 5.41 Å². The highest BCUT2D eigenvalue weighted by atomic mass is 16.5. The Labute approximate surface area is 130 Å². The van der Waals surface area contributed by atoms with E-state index in [0.29, 0.717) is 5.78 Å². The number of carbonyl (C=O) groups is 1. The van der Waals surface area contributed by atoms with Crippen molar-refractivity contribution < 1.29 is 9.53 Å². The zero-order valence-corrected chi connectivity index (χ0v) is 14.0. The van der Waals surface area contributed by atoms with Crippen molar-refractivity contribution >= 4 is 17.6 Å². The van der Waals surface area contributed by atoms with Gasteiger partial charge >= 0.3 is 5.97 Å². The van der Waals surface area contributed by atoms with Gasteiger partial charge in [0.05, 0.1) is 12.5 Å². The van der Waals surface area contributed by atoms with Crippen LogP contribution in [0.3, 0.4) is 0 Å². The molecule has 0 aliphatic carbocycles. The maximum atomic E-state index is 12.1. The first-order valence-electron chi connectivity index (χ1n) is 7.29. The molecule has 0 spiro atoms. The predicted molar refractivity (Wildman–Crippen MR) is 83.7 cm³/mol. The van der Waals surface area contributed by atoms with Gasteiger partial charge in [0.1, 0.15) is 12.1 Å². The molecule has 0 radical (unpaired) electrons. The monoisotopic (exact) mass is 305 g/mol. The van der Waals surface area contributed by atoms with Crippen LogP contribution in [0.4, 0.5) is 5.82 Å². The number of anilines is 1. The summed E-state index contributed by atoms with van der Waals surface area (Å²) < 4.78 is 6.56. The van der Waals surface area contributed by atoms with Gasteiger partial charge in [-0.05, 0) is 34.1 Å². The first-order chi connectivity index (χ1) is 10.2. The molecule has 0 atom stereocenters. The van der Waals surface area contributed by atoms with Gasteiger partial charge in [0.25, 0.3) is 5.78 Å². The van der Waals surface area contributed by atoms with Crippen LogP contribution in [-0.2, 0) is 16.0 Å². The molecule has 0 aliphatic heterocycles. The number of aryl methyl sites for hydroxylation is 1. The van der Waals surface area contributed by atoms with E-state index in [1.54, 1.807) is 4.52 Å². The van der Waals surface area contributed by atoms with Crippen LogP contribution in [0.2, 0.25) is 0 Å². The average Bonchev–Trinajstić information content (AvgIpc) is 2.94. The number of aromatic nitrogens is 4. The summed E-state index contributed by atoms with van der Waals surface area (Å²) in [5.41, 5.74) is -0.384. The van der Waals surface area contributed by atoms with Gasteiger partial charge in [0.15, 0.2) is 0 Å². The molecule has 7 nitrogen and oxygen atoms in total. The minimum Gasteiger partial charge on any atom is -0.469 e. The number of nitrogens with zero attached hydrogens (tertiary/aromatic N) is 4. The van der Waals surface area contributed by atoms with Crippen molar-refractivity contribution in [2.75, 3.05) is 12.4 Å². The quantitative estimate of drug-likeness (QED) is 0.852. The molecule has 2 rings (SSSR count). The summed E-state index contributed by atoms with van der Waals surface area (Å²) in [4.78, 5) is 20.7. The Morgan fingerprint density at radius 3 is 2.64 bits per heavy atom. The Kier molecular flexibility index (Phi) is 4.08. The molecule has 2 heterocycles. The number of ether oxygens (including phenoxy) is 1. The number of methoxy groups -OCH3 is 1. The van der Waals surface area contributed by atoms with Crippen molar-refractivity contribution in [3.8, 4) is 0 Å². The molecule has 0 aromatic carbocycles. The lowest BCUT2D eigenvalue weighted by molar-refractivity contribution is -0.153. The summed E-state index contributed by atoms with van der Waals surface area (Å²) in [6, 6.07) is 1.93. The van der Waals surface area contributed by atoms with E-state index < -0.39 is 11.0 Å². The number of nitrogens with one attached hydrogen (secondary N) is 1. The lowest BCUT2D eigenvalue weighted by Crippen LogP contribution is -2.51. The lowest BCUT2D eigenvalue weighted by atomic mass is 9.74. The highest BCUT2D eigenvalue weighted by Crippen LogP contribution is 2.34. The van der Waals surface area contributed by atoms with E-state index in [2.05, 4.69) is 20.4 Å². The van der Waals surface area contributed by atoms with Crippen LogP contribution in [0.25, 0.3) is 5.78 Å². The second-order valence-electron chi connectivity index (χ2n) is 6.32. The third-order valence-electron chi connectivity index (χ3n) is 4.37. The van der Waals surface area contributed by atoms with Gasteiger partial charge in [-0.3, -0.25) is 4.79 Å². The van der Waals surface area contributed by atoms with Crippen molar-refractivity contribution in [2.45, 2.75) is 46.6 Å². The van der Waals surface area contributed by atoms with Crippen molar-refractivity contribution in [3.63, 3.8) is 0 Å². The molecule has 120 valence electrons. The van der Waals surface area contributed by atoms with Gasteiger partial charge in [-0.1, -0.05) is 6.92 Å². The summed E-state index contributed by atoms with van der Waals surface area (Å²) >= 11 is 0. The zero-order valence-electron chi connectivity index (χ0n) is 14.0. The standard InChI is InChI=1S/C15H23N5O2/c1-7-10-8-11(20-13(18-10)16-9-17-20)19-15(4,5)14(2,3)12(21)22-6/h8-9,19H,7H2,1-6H3. The molecule has 7 heteroatoms. The summed E-state index contributed by atoms with van der Waals surface area (Å²) in [6.45, 7) is 9.65. The Hall–Kier alpha value is -2.18. The third kappa shape index (κ3) is 2.63. The van der Waals surface area contributed by atoms with Gasteiger partial charge in [0, 0.05) is 17.3 Å². The largest absolute Gasteiger partial charge is 0.469 e. The summed E-state index contributed by atoms with van der Waals surface area (Å²) in [6.07, 6.45) is 2.25. The number of fused-ring (bicyclic) bond motifs is 1. The first kappa shape index (κ1) is 16.2. The smallest absolute Gasteiger partial charge is 0.313 e. The highest BCUT2D eigenvalue weighted by Gasteiger charge is 2.44. The Bertz CT molecular complexity index is 690. The second kappa shape index (κ2) is 5.55. The summed E-state index contributed by atoms with van der Waals surface area (Å²) in [5.74, 6) is 1.01. The van der Waals surface area contributed by atoms with Crippen molar-refractivity contribution in [3.05, 3.63) is 18.1 Å². The molecule has 0 saturated heterocycles. The average molecular weight is 305 g/mol. The Morgan fingerprint density at radius 1 is 1.36 bits per heavy atom. The SMILES string of the molecule is CCc1cc(NC(C)(C)C(C)(C)C(=O)OC)n2ncnc2n1. The van der Waals surface area contributed by atoms with Gasteiger partial charge in [0.2, 0.25) is 0 Å². The molecule has 0 unspecified atom stereocenters. The number of rotatable bonds is 5. The summed E-state index contributed by atoms with van der Waals surface area (Å²) in [7, 11) is 1.40. The number of carbonyl (C=O) groups excluding carboxylic acids is 1. The van der Waals surface area contributed by atoms with Crippen molar-refractivity contribution in [1.29, 1.82) is 0 Å². The Balaban J connectivity index is 2.45. The Morgan fingerprint density at radius 2 is 2.05 bits per heavy atom. The van der Waals surface area contributed by atoms with Crippen LogP contribution in [0.1, 0.15) is 40.3 Å². The van der Waals surface area contributed by atoms with E-state index in [0.717, 1.165) is 17.9 Å². The molecule has 0 bridgehead atoms. The van der Waals surface area contributed by atoms with E-state index in [4.69, 9.17) is 4.74 Å². The minimum atomic E-state index is -0.732. The normalized spacial score (nSPS) is 12.5. The van der Waals surface area contributed by atoms with Crippen LogP contribution >= 0.6 is 0 Å². The van der Waals surface area contributed by atoms with Crippen molar-refractivity contribution in [1.82, 2.24) is 19.6 Å². The number of esters is 1. The van der Waals surface area contributed by atoms with Crippen LogP contribution in [0.15, 0.2) is 12.4 Å². The number of hydrogen-bond donors (Lipinski definition) is 1. The fraction of sp³-hybridized carbons (Fsp3) is 0.600. The van der Waals surface area contributed by atoms with E-state index in [1.165, 1.54) is 13.4 Å². The topological polar surface area (TPSA) is 81.4 Å². The maximum Gasteiger partial charge on any atom is 0.313 e. The molecule has 0 amide bonds. The van der Waals surface area contributed by atoms with Crippen LogP contribution in [0, 0.1) is 5.41 Å². The highest BCUT2D eigenvalue weighted by molar-refractivity contribution is 5.78. The van der Waals surface area contributed by atoms with E-state index >= 15 is 0 Å². The molecular formula is C15H23N5O2. The maximum absolute atomic E-state index is 12.1. The van der Waals surface area contributed by atoms with Gasteiger partial charge < -0.3 is 10.1 Å². The third-order valence-corrected chi connectivity index (χ3v) is 4.37. The van der Waals surface area contributed by atoms with Gasteiger partial charge in [-0.25, -0.2) is 4.98 Å². The minimum absolute atomic E-state index is 0.274. The summed E-state index contributed by atoms with van der Waals surface area (Å²) in [5, 5.41) is 7.59. The predicted octanol–water partition coefficient (Wildman–Crippen LogP) is 2.08. The van der Waals surface area contributed by atoms with Gasteiger partial charge in [-0.2, -0.15) is 14.6 Å². The van der Waals surface area contributed by atoms with Gasteiger partial charge in [-0.15, -0.1) is 0 Å². The fourth-order valence-electron chi connectivity index (χ4n) is 2.12. The molecular weight excluding hydrogens is 282 g/mol. The molecule has 2 aromatic heterocycles. The number of hydrogen-bond acceptors (Lipinski definition) is 6. The molecule has 22 heavy (non-hydrogen) atoms. The first-order valence-corrected chi connectivity index (χ1v) is 7.29. The second-order valence-corrected chi connectivity index (χ2v) is 6.32. The van der Waals surface area contributed by atoms with Crippen LogP contribution < -0.4 is 5.32 Å². The fourth-order valence-corrected chi connectivity index (χ4v) is 2.12.